The van der Waals surface area contributed by atoms with E-state index in [1.165, 1.54) is 12.1 Å². The van der Waals surface area contributed by atoms with Gasteiger partial charge in [-0.25, -0.2) is 4.79 Å². The summed E-state index contributed by atoms with van der Waals surface area (Å²) in [5, 5.41) is 12.1. The first kappa shape index (κ1) is 13.7. The Balaban J connectivity index is 2.27. The Hall–Kier alpha value is -2.69. The topological polar surface area (TPSA) is 84.6 Å². The first-order valence-corrected chi connectivity index (χ1v) is 6.23. The summed E-state index contributed by atoms with van der Waals surface area (Å²) in [5.41, 5.74) is 7.85. The van der Waals surface area contributed by atoms with E-state index in [1.807, 2.05) is 31.2 Å². The highest BCUT2D eigenvalue weighted by molar-refractivity contribution is 5.91. The maximum absolute atomic E-state index is 11.0. The number of hydrogen-bond acceptors (Lipinski definition) is 4. The highest BCUT2D eigenvalue weighted by Gasteiger charge is 2.07. The Morgan fingerprint density at radius 1 is 1.30 bits per heavy atom. The minimum atomic E-state index is -0.990. The largest absolute Gasteiger partial charge is 0.494 e. The average molecular weight is 272 g/mol. The van der Waals surface area contributed by atoms with Crippen molar-refractivity contribution in [3.8, 4) is 5.75 Å². The molecule has 0 aliphatic rings. The quantitative estimate of drug-likeness (QED) is 0.728. The predicted octanol–water partition coefficient (Wildman–Crippen LogP) is 3.11. The van der Waals surface area contributed by atoms with Gasteiger partial charge >= 0.3 is 5.97 Å². The van der Waals surface area contributed by atoms with Crippen molar-refractivity contribution in [2.24, 2.45) is 0 Å². The van der Waals surface area contributed by atoms with Crippen LogP contribution >= 0.6 is 0 Å². The fraction of sp³-hybridized carbons (Fsp3) is 0.133. The number of benzene rings is 2. The molecule has 5 nitrogen and oxygen atoms in total. The van der Waals surface area contributed by atoms with Gasteiger partial charge in [-0.1, -0.05) is 6.07 Å². The smallest absolute Gasteiger partial charge is 0.335 e. The van der Waals surface area contributed by atoms with Crippen LogP contribution in [0.25, 0.3) is 0 Å². The first-order valence-electron chi connectivity index (χ1n) is 6.23. The summed E-state index contributed by atoms with van der Waals surface area (Å²) in [5.74, 6) is -0.249. The Bertz CT molecular complexity index is 626. The Morgan fingerprint density at radius 3 is 2.80 bits per heavy atom. The SMILES string of the molecule is CCOc1cccc(Nc2cc(C(=O)O)ccc2N)c1. The van der Waals surface area contributed by atoms with Gasteiger partial charge in [-0.15, -0.1) is 0 Å². The third kappa shape index (κ3) is 3.20. The molecular formula is C15H16N2O3. The van der Waals surface area contributed by atoms with E-state index < -0.39 is 5.97 Å². The van der Waals surface area contributed by atoms with Crippen LogP contribution in [0.15, 0.2) is 42.5 Å². The molecule has 2 rings (SSSR count). The second kappa shape index (κ2) is 5.97. The summed E-state index contributed by atoms with van der Waals surface area (Å²) in [4.78, 5) is 11.0. The van der Waals surface area contributed by atoms with Gasteiger partial charge < -0.3 is 20.9 Å². The van der Waals surface area contributed by atoms with Crippen LogP contribution in [-0.4, -0.2) is 17.7 Å². The third-order valence-electron chi connectivity index (χ3n) is 2.72. The van der Waals surface area contributed by atoms with E-state index in [1.54, 1.807) is 6.07 Å². The van der Waals surface area contributed by atoms with E-state index in [2.05, 4.69) is 5.32 Å². The number of aromatic carboxylic acids is 1. The molecular weight excluding hydrogens is 256 g/mol. The second-order valence-electron chi connectivity index (χ2n) is 4.19. The molecule has 0 spiro atoms. The lowest BCUT2D eigenvalue weighted by Gasteiger charge is -2.11. The maximum atomic E-state index is 11.0. The van der Waals surface area contributed by atoms with Crippen LogP contribution in [0.4, 0.5) is 17.1 Å². The van der Waals surface area contributed by atoms with Crippen LogP contribution in [0.2, 0.25) is 0 Å². The van der Waals surface area contributed by atoms with Gasteiger partial charge in [0.15, 0.2) is 0 Å². The van der Waals surface area contributed by atoms with Crippen LogP contribution < -0.4 is 15.8 Å². The molecule has 20 heavy (non-hydrogen) atoms. The number of carboxylic acids is 1. The van der Waals surface area contributed by atoms with Gasteiger partial charge in [0.25, 0.3) is 0 Å². The van der Waals surface area contributed by atoms with E-state index in [4.69, 9.17) is 15.6 Å². The van der Waals surface area contributed by atoms with Gasteiger partial charge in [-0.3, -0.25) is 0 Å². The number of hydrogen-bond donors (Lipinski definition) is 3. The van der Waals surface area contributed by atoms with E-state index in [-0.39, 0.29) is 5.56 Å². The summed E-state index contributed by atoms with van der Waals surface area (Å²) >= 11 is 0. The second-order valence-corrected chi connectivity index (χ2v) is 4.19. The summed E-state index contributed by atoms with van der Waals surface area (Å²) < 4.78 is 5.41. The van der Waals surface area contributed by atoms with Crippen molar-refractivity contribution in [2.45, 2.75) is 6.92 Å². The molecule has 5 heteroatoms. The number of nitrogens with two attached hydrogens (primary N) is 1. The molecule has 0 saturated carbocycles. The lowest BCUT2D eigenvalue weighted by atomic mass is 10.1. The zero-order valence-electron chi connectivity index (χ0n) is 11.1. The zero-order chi connectivity index (χ0) is 14.5. The highest BCUT2D eigenvalue weighted by Crippen LogP contribution is 2.26. The summed E-state index contributed by atoms with van der Waals surface area (Å²) in [6.07, 6.45) is 0. The molecule has 0 saturated heterocycles. The van der Waals surface area contributed by atoms with Gasteiger partial charge in [0.05, 0.1) is 23.5 Å². The van der Waals surface area contributed by atoms with Crippen LogP contribution in [0, 0.1) is 0 Å². The molecule has 0 aliphatic heterocycles. The number of rotatable bonds is 5. The van der Waals surface area contributed by atoms with Gasteiger partial charge in [0.2, 0.25) is 0 Å². The van der Waals surface area contributed by atoms with Crippen molar-refractivity contribution in [3.63, 3.8) is 0 Å². The van der Waals surface area contributed by atoms with Crippen molar-refractivity contribution in [3.05, 3.63) is 48.0 Å². The summed E-state index contributed by atoms with van der Waals surface area (Å²) in [6, 6.07) is 11.9. The number of carbonyl (C=O) groups is 1. The zero-order valence-corrected chi connectivity index (χ0v) is 11.1. The molecule has 4 N–H and O–H groups in total. The maximum Gasteiger partial charge on any atom is 0.335 e. The van der Waals surface area contributed by atoms with Crippen molar-refractivity contribution >= 4 is 23.0 Å². The van der Waals surface area contributed by atoms with Crippen LogP contribution in [0.3, 0.4) is 0 Å². The standard InChI is InChI=1S/C15H16N2O3/c1-2-20-12-5-3-4-11(9-12)17-14-8-10(15(18)19)6-7-13(14)16/h3-9,17H,2,16H2,1H3,(H,18,19). The van der Waals surface area contributed by atoms with E-state index in [0.29, 0.717) is 18.0 Å². The number of nitrogens with one attached hydrogen (secondary N) is 1. The Labute approximate surface area is 117 Å². The molecule has 0 aromatic heterocycles. The lowest BCUT2D eigenvalue weighted by Crippen LogP contribution is -2.01. The minimum absolute atomic E-state index is 0.183. The lowest BCUT2D eigenvalue weighted by molar-refractivity contribution is 0.0697. The van der Waals surface area contributed by atoms with Crippen molar-refractivity contribution < 1.29 is 14.6 Å². The molecule has 0 fully saturated rings. The number of carboxylic acid groups (broad SMARTS) is 1. The number of ether oxygens (including phenoxy) is 1. The van der Waals surface area contributed by atoms with Gasteiger partial charge in [0, 0.05) is 11.8 Å². The normalized spacial score (nSPS) is 10.1. The molecule has 2 aromatic carbocycles. The average Bonchev–Trinajstić information content (AvgIpc) is 2.42. The molecule has 0 atom stereocenters. The fourth-order valence-corrected chi connectivity index (χ4v) is 1.78. The van der Waals surface area contributed by atoms with E-state index in [9.17, 15) is 4.79 Å². The van der Waals surface area contributed by atoms with Crippen molar-refractivity contribution in [2.75, 3.05) is 17.7 Å². The van der Waals surface area contributed by atoms with Gasteiger partial charge in [0.1, 0.15) is 5.75 Å². The highest BCUT2D eigenvalue weighted by atomic mass is 16.5. The van der Waals surface area contributed by atoms with Crippen molar-refractivity contribution in [1.29, 1.82) is 0 Å². The Morgan fingerprint density at radius 2 is 2.10 bits per heavy atom. The summed E-state index contributed by atoms with van der Waals surface area (Å²) in [6.45, 7) is 2.49. The molecule has 0 aliphatic carbocycles. The van der Waals surface area contributed by atoms with Crippen LogP contribution in [0.5, 0.6) is 5.75 Å². The van der Waals surface area contributed by atoms with E-state index in [0.717, 1.165) is 11.4 Å². The minimum Gasteiger partial charge on any atom is -0.494 e. The Kier molecular flexibility index (Phi) is 4.10. The molecule has 0 unspecified atom stereocenters. The van der Waals surface area contributed by atoms with Crippen LogP contribution in [-0.2, 0) is 0 Å². The molecule has 0 radical (unpaired) electrons. The third-order valence-corrected chi connectivity index (χ3v) is 2.72. The molecule has 104 valence electrons. The molecule has 2 aromatic rings. The van der Waals surface area contributed by atoms with Crippen molar-refractivity contribution in [1.82, 2.24) is 0 Å². The number of nitrogen functional groups attached to an aromatic ring is 1. The fourth-order valence-electron chi connectivity index (χ4n) is 1.78. The van der Waals surface area contributed by atoms with Crippen LogP contribution in [0.1, 0.15) is 17.3 Å². The monoisotopic (exact) mass is 272 g/mol. The first-order chi connectivity index (χ1) is 9.60. The molecule has 0 bridgehead atoms. The van der Waals surface area contributed by atoms with Gasteiger partial charge in [-0.2, -0.15) is 0 Å². The number of anilines is 3. The summed E-state index contributed by atoms with van der Waals surface area (Å²) in [7, 11) is 0. The predicted molar refractivity (Wildman–Crippen MR) is 78.7 cm³/mol. The molecule has 0 heterocycles. The van der Waals surface area contributed by atoms with E-state index >= 15 is 0 Å². The molecule has 0 amide bonds. The van der Waals surface area contributed by atoms with Gasteiger partial charge in [-0.05, 0) is 37.3 Å².